The Morgan fingerprint density at radius 3 is 2.40 bits per heavy atom. The van der Waals surface area contributed by atoms with Gasteiger partial charge in [0.1, 0.15) is 18.2 Å². The van der Waals surface area contributed by atoms with Gasteiger partial charge in [0.25, 0.3) is 0 Å². The van der Waals surface area contributed by atoms with Crippen molar-refractivity contribution in [2.75, 3.05) is 19.7 Å². The third kappa shape index (κ3) is 8.01. The summed E-state index contributed by atoms with van der Waals surface area (Å²) in [5.41, 5.74) is 4.20. The van der Waals surface area contributed by atoms with E-state index in [1.165, 1.54) is 42.6 Å². The van der Waals surface area contributed by atoms with Crippen molar-refractivity contribution in [3.63, 3.8) is 0 Å². The summed E-state index contributed by atoms with van der Waals surface area (Å²) in [6, 6.07) is 10.3. The quantitative estimate of drug-likeness (QED) is 0.286. The second-order valence-electron chi connectivity index (χ2n) is 11.3. The lowest BCUT2D eigenvalue weighted by Gasteiger charge is -2.34. The second kappa shape index (κ2) is 14.8. The largest absolute Gasteiger partial charge is 0.503 e. The molecule has 2 N–H and O–H groups in total. The van der Waals surface area contributed by atoms with Gasteiger partial charge < -0.3 is 14.9 Å². The van der Waals surface area contributed by atoms with Crippen LogP contribution in [0.3, 0.4) is 0 Å². The first-order chi connectivity index (χ1) is 20.2. The van der Waals surface area contributed by atoms with E-state index in [4.69, 9.17) is 31.3 Å². The molecule has 2 aromatic rings. The van der Waals surface area contributed by atoms with Crippen LogP contribution in [0.25, 0.3) is 0 Å². The van der Waals surface area contributed by atoms with E-state index in [-0.39, 0.29) is 28.7 Å². The van der Waals surface area contributed by atoms with Gasteiger partial charge >= 0.3 is 6.16 Å². The molecule has 1 saturated heterocycles. The van der Waals surface area contributed by atoms with Crippen LogP contribution in [0.4, 0.5) is 9.18 Å². The molecule has 2 aromatic carbocycles. The summed E-state index contributed by atoms with van der Waals surface area (Å²) in [6.07, 6.45) is 7.68. The van der Waals surface area contributed by atoms with Gasteiger partial charge in [-0.1, -0.05) is 56.0 Å². The lowest BCUT2D eigenvalue weighted by molar-refractivity contribution is -0.138. The standard InChI is InChI=1S/C31H38ClFN2O3.CH2O3/c1-2-23-18-22(8-13-28(23)38-17-16-35-29(36)14-15-30(35)37)20-34(19-21-6-4-3-5-7-21)27-12-10-25-24(27)9-11-26(32)31(25)33;2-1(3)4/h8-9,11,13,18,21,27H,2-7,10,12,14-17,19-20H2,1H3;(H2,2,3,4)/t27-;/m0./s1. The molecule has 228 valence electrons. The highest BCUT2D eigenvalue weighted by Crippen LogP contribution is 2.41. The minimum atomic E-state index is -1.83. The Hall–Kier alpha value is -3.17. The fraction of sp³-hybridized carbons (Fsp3) is 0.531. The number of nitrogens with zero attached hydrogens (tertiary/aromatic N) is 2. The van der Waals surface area contributed by atoms with Gasteiger partial charge in [-0.15, -0.1) is 0 Å². The SMILES string of the molecule is CCc1cc(CN(CC2CCCCC2)[C@H]2CCc3c2ccc(Cl)c3F)ccc1OCCN1C(=O)CCC1=O.O=C(O)O. The molecule has 2 fully saturated rings. The molecule has 0 unspecified atom stereocenters. The van der Waals surface area contributed by atoms with E-state index in [2.05, 4.69) is 24.0 Å². The Morgan fingerprint density at radius 2 is 1.74 bits per heavy atom. The Labute approximate surface area is 251 Å². The fourth-order valence-corrected chi connectivity index (χ4v) is 6.67. The minimum absolute atomic E-state index is 0.113. The first-order valence-corrected chi connectivity index (χ1v) is 15.3. The van der Waals surface area contributed by atoms with Gasteiger partial charge in [-0.25, -0.2) is 9.18 Å². The van der Waals surface area contributed by atoms with Crippen LogP contribution in [0.2, 0.25) is 5.02 Å². The molecule has 1 saturated carbocycles. The Kier molecular flexibility index (Phi) is 11.2. The number of carboxylic acid groups (broad SMARTS) is 2. The maximum atomic E-state index is 14.8. The van der Waals surface area contributed by atoms with Crippen LogP contribution < -0.4 is 4.74 Å². The Bertz CT molecular complexity index is 1260. The number of aryl methyl sites for hydroxylation is 1. The normalized spacial score (nSPS) is 18.7. The molecule has 0 spiro atoms. The van der Waals surface area contributed by atoms with Crippen LogP contribution in [-0.2, 0) is 29.0 Å². The number of halogens is 2. The predicted octanol–water partition coefficient (Wildman–Crippen LogP) is 6.86. The molecule has 10 heteroatoms. The third-order valence-electron chi connectivity index (χ3n) is 8.54. The number of rotatable bonds is 10. The molecule has 3 aliphatic rings. The fourth-order valence-electron chi connectivity index (χ4n) is 6.49. The molecular weight excluding hydrogens is 563 g/mol. The molecule has 0 bridgehead atoms. The van der Waals surface area contributed by atoms with Crippen molar-refractivity contribution >= 4 is 29.6 Å². The predicted molar refractivity (Wildman–Crippen MR) is 157 cm³/mol. The van der Waals surface area contributed by atoms with Crippen molar-refractivity contribution < 1.29 is 33.7 Å². The third-order valence-corrected chi connectivity index (χ3v) is 8.83. The van der Waals surface area contributed by atoms with E-state index >= 15 is 0 Å². The molecule has 1 atom stereocenters. The number of fused-ring (bicyclic) bond motifs is 1. The van der Waals surface area contributed by atoms with E-state index in [0.29, 0.717) is 31.9 Å². The molecule has 0 radical (unpaired) electrons. The Balaban J connectivity index is 0.000000952. The van der Waals surface area contributed by atoms with Crippen LogP contribution >= 0.6 is 11.6 Å². The van der Waals surface area contributed by atoms with Gasteiger partial charge in [0.2, 0.25) is 11.8 Å². The molecule has 2 amide bonds. The summed E-state index contributed by atoms with van der Waals surface area (Å²) in [5.74, 6) is 0.999. The van der Waals surface area contributed by atoms with Crippen LogP contribution in [0.5, 0.6) is 5.75 Å². The van der Waals surface area contributed by atoms with Gasteiger partial charge in [-0.2, -0.15) is 0 Å². The van der Waals surface area contributed by atoms with E-state index in [1.54, 1.807) is 6.07 Å². The number of carbonyl (C=O) groups excluding carboxylic acids is 2. The Morgan fingerprint density at radius 1 is 1.05 bits per heavy atom. The number of carbonyl (C=O) groups is 3. The molecule has 1 heterocycles. The number of imide groups is 1. The number of amides is 2. The minimum Gasteiger partial charge on any atom is -0.491 e. The monoisotopic (exact) mass is 602 g/mol. The average Bonchev–Trinajstić information content (AvgIpc) is 3.54. The smallest absolute Gasteiger partial charge is 0.491 e. The number of ether oxygens (including phenoxy) is 1. The highest BCUT2D eigenvalue weighted by atomic mass is 35.5. The van der Waals surface area contributed by atoms with E-state index in [0.717, 1.165) is 54.8 Å². The lowest BCUT2D eigenvalue weighted by atomic mass is 9.88. The van der Waals surface area contributed by atoms with Crippen LogP contribution in [0.1, 0.15) is 86.6 Å². The topological polar surface area (TPSA) is 107 Å². The summed E-state index contributed by atoms with van der Waals surface area (Å²) in [7, 11) is 0. The van der Waals surface area contributed by atoms with Gasteiger partial charge in [0.15, 0.2) is 0 Å². The number of benzene rings is 2. The zero-order valence-electron chi connectivity index (χ0n) is 24.1. The number of likely N-dealkylation sites (tertiary alicyclic amines) is 1. The van der Waals surface area contributed by atoms with E-state index in [1.807, 2.05) is 12.1 Å². The maximum absolute atomic E-state index is 14.8. The van der Waals surface area contributed by atoms with E-state index < -0.39 is 6.16 Å². The average molecular weight is 603 g/mol. The molecule has 5 rings (SSSR count). The van der Waals surface area contributed by atoms with Crippen molar-refractivity contribution in [1.29, 1.82) is 0 Å². The highest BCUT2D eigenvalue weighted by Gasteiger charge is 2.32. The second-order valence-corrected chi connectivity index (χ2v) is 11.7. The van der Waals surface area contributed by atoms with Crippen molar-refractivity contribution in [2.24, 2.45) is 5.92 Å². The van der Waals surface area contributed by atoms with Gasteiger partial charge in [0, 0.05) is 32.0 Å². The van der Waals surface area contributed by atoms with Gasteiger partial charge in [-0.05, 0) is 72.4 Å². The lowest BCUT2D eigenvalue weighted by Crippen LogP contribution is -2.33. The molecule has 8 nitrogen and oxygen atoms in total. The summed E-state index contributed by atoms with van der Waals surface area (Å²) in [5, 5.41) is 14.2. The van der Waals surface area contributed by atoms with Crippen molar-refractivity contribution in [1.82, 2.24) is 9.80 Å². The van der Waals surface area contributed by atoms with Crippen LogP contribution in [0, 0.1) is 11.7 Å². The summed E-state index contributed by atoms with van der Waals surface area (Å²) in [4.78, 5) is 36.2. The van der Waals surface area contributed by atoms with Gasteiger partial charge in [0.05, 0.1) is 11.6 Å². The van der Waals surface area contributed by atoms with Crippen molar-refractivity contribution in [2.45, 2.75) is 83.7 Å². The van der Waals surface area contributed by atoms with Crippen LogP contribution in [0.15, 0.2) is 30.3 Å². The first-order valence-electron chi connectivity index (χ1n) is 14.9. The highest BCUT2D eigenvalue weighted by molar-refractivity contribution is 6.30. The summed E-state index contributed by atoms with van der Waals surface area (Å²) in [6.45, 7) is 4.52. The molecule has 1 aliphatic heterocycles. The first kappa shape index (κ1) is 31.8. The molecule has 2 aliphatic carbocycles. The molecule has 42 heavy (non-hydrogen) atoms. The molecule has 0 aromatic heterocycles. The zero-order chi connectivity index (χ0) is 30.2. The number of hydrogen-bond acceptors (Lipinski definition) is 5. The zero-order valence-corrected chi connectivity index (χ0v) is 24.9. The summed E-state index contributed by atoms with van der Waals surface area (Å²) >= 11 is 6.10. The maximum Gasteiger partial charge on any atom is 0.503 e. The molecular formula is C32H40ClFN2O6. The van der Waals surface area contributed by atoms with Crippen molar-refractivity contribution in [3.8, 4) is 5.75 Å². The summed E-state index contributed by atoms with van der Waals surface area (Å²) < 4.78 is 20.8. The van der Waals surface area contributed by atoms with E-state index in [9.17, 15) is 14.0 Å². The van der Waals surface area contributed by atoms with Gasteiger partial charge in [-0.3, -0.25) is 19.4 Å². The van der Waals surface area contributed by atoms with Crippen molar-refractivity contribution in [3.05, 3.63) is 63.4 Å². The van der Waals surface area contributed by atoms with Crippen LogP contribution in [-0.4, -0.2) is 57.7 Å². The number of hydrogen-bond donors (Lipinski definition) is 2.